The first kappa shape index (κ1) is 15.5. The molecule has 0 bridgehead atoms. The summed E-state index contributed by atoms with van der Waals surface area (Å²) in [6.45, 7) is 5.57. The topological polar surface area (TPSA) is 51.2 Å². The van der Waals surface area contributed by atoms with Crippen molar-refractivity contribution < 1.29 is 9.53 Å². The predicted molar refractivity (Wildman–Crippen MR) is 86.6 cm³/mol. The van der Waals surface area contributed by atoms with Crippen LogP contribution in [0.4, 0.5) is 5.82 Å². The van der Waals surface area contributed by atoms with E-state index in [4.69, 9.17) is 4.74 Å². The minimum atomic E-state index is -0.619. The zero-order chi connectivity index (χ0) is 15.4. The molecular formula is C16H17BrN2O2. The third kappa shape index (κ3) is 4.29. The summed E-state index contributed by atoms with van der Waals surface area (Å²) in [5.74, 6) is 0.930. The lowest BCUT2D eigenvalue weighted by molar-refractivity contribution is -0.122. The number of benzene rings is 1. The predicted octanol–water partition coefficient (Wildman–Crippen LogP) is 3.87. The van der Waals surface area contributed by atoms with Gasteiger partial charge in [-0.3, -0.25) is 4.79 Å². The van der Waals surface area contributed by atoms with Crippen molar-refractivity contribution in [3.8, 4) is 5.75 Å². The molecule has 0 aliphatic heterocycles. The number of amides is 1. The minimum absolute atomic E-state index is 0.236. The Kier molecular flexibility index (Phi) is 4.96. The van der Waals surface area contributed by atoms with Crippen molar-refractivity contribution in [1.82, 2.24) is 4.98 Å². The molecule has 1 heterocycles. The lowest BCUT2D eigenvalue weighted by Crippen LogP contribution is -2.30. The number of rotatable bonds is 4. The van der Waals surface area contributed by atoms with Gasteiger partial charge in [-0.05, 0) is 66.5 Å². The van der Waals surface area contributed by atoms with Crippen molar-refractivity contribution in [2.45, 2.75) is 26.9 Å². The molecule has 0 aliphatic carbocycles. The maximum atomic E-state index is 12.1. The SMILES string of the molecule is Cc1ccc(O[C@@H](C)C(=O)Nc2cccc(C)n2)c(Br)c1. The molecule has 1 amide bonds. The molecule has 2 rings (SSSR count). The number of aromatic nitrogens is 1. The fourth-order valence-electron chi connectivity index (χ4n) is 1.79. The summed E-state index contributed by atoms with van der Waals surface area (Å²) in [5.41, 5.74) is 1.97. The largest absolute Gasteiger partial charge is 0.480 e. The van der Waals surface area contributed by atoms with E-state index in [2.05, 4.69) is 26.2 Å². The molecule has 21 heavy (non-hydrogen) atoms. The lowest BCUT2D eigenvalue weighted by atomic mass is 10.2. The number of aryl methyl sites for hydroxylation is 2. The summed E-state index contributed by atoms with van der Waals surface area (Å²) in [4.78, 5) is 16.3. The third-order valence-corrected chi connectivity index (χ3v) is 3.52. The summed E-state index contributed by atoms with van der Waals surface area (Å²) >= 11 is 3.43. The van der Waals surface area contributed by atoms with Crippen molar-refractivity contribution in [2.24, 2.45) is 0 Å². The summed E-state index contributed by atoms with van der Waals surface area (Å²) in [6.07, 6.45) is -0.619. The van der Waals surface area contributed by atoms with Gasteiger partial charge in [0.25, 0.3) is 5.91 Å². The van der Waals surface area contributed by atoms with E-state index >= 15 is 0 Å². The van der Waals surface area contributed by atoms with Gasteiger partial charge in [-0.1, -0.05) is 12.1 Å². The van der Waals surface area contributed by atoms with Gasteiger partial charge in [0, 0.05) is 5.69 Å². The van der Waals surface area contributed by atoms with Crippen LogP contribution in [0.1, 0.15) is 18.2 Å². The van der Waals surface area contributed by atoms with Crippen LogP contribution in [0, 0.1) is 13.8 Å². The summed E-state index contributed by atoms with van der Waals surface area (Å²) in [5, 5.41) is 2.74. The lowest BCUT2D eigenvalue weighted by Gasteiger charge is -2.15. The van der Waals surface area contributed by atoms with E-state index in [0.29, 0.717) is 11.6 Å². The second-order valence-corrected chi connectivity index (χ2v) is 5.70. The Morgan fingerprint density at radius 2 is 2.05 bits per heavy atom. The third-order valence-electron chi connectivity index (χ3n) is 2.90. The first-order valence-electron chi connectivity index (χ1n) is 6.63. The number of hydrogen-bond acceptors (Lipinski definition) is 3. The Bertz CT molecular complexity index is 658. The maximum Gasteiger partial charge on any atom is 0.266 e. The van der Waals surface area contributed by atoms with Crippen LogP contribution < -0.4 is 10.1 Å². The molecule has 1 aromatic heterocycles. The van der Waals surface area contributed by atoms with E-state index in [1.165, 1.54) is 0 Å². The van der Waals surface area contributed by atoms with Gasteiger partial charge in [0.1, 0.15) is 11.6 Å². The van der Waals surface area contributed by atoms with Crippen molar-refractivity contribution in [1.29, 1.82) is 0 Å². The molecule has 110 valence electrons. The molecule has 0 radical (unpaired) electrons. The second-order valence-electron chi connectivity index (χ2n) is 4.85. The van der Waals surface area contributed by atoms with Gasteiger partial charge in [-0.15, -0.1) is 0 Å². The standard InChI is InChI=1S/C16H17BrN2O2/c1-10-7-8-14(13(17)9-10)21-12(3)16(20)19-15-6-4-5-11(2)18-15/h4-9,12H,1-3H3,(H,18,19,20)/t12-/m0/s1. The Labute approximate surface area is 132 Å². The maximum absolute atomic E-state index is 12.1. The normalized spacial score (nSPS) is 11.8. The molecule has 1 N–H and O–H groups in total. The van der Waals surface area contributed by atoms with Gasteiger partial charge < -0.3 is 10.1 Å². The first-order valence-corrected chi connectivity index (χ1v) is 7.42. The molecule has 5 heteroatoms. The molecule has 1 aromatic carbocycles. The van der Waals surface area contributed by atoms with E-state index in [1.54, 1.807) is 13.0 Å². The summed E-state index contributed by atoms with van der Waals surface area (Å²) in [6, 6.07) is 11.2. The van der Waals surface area contributed by atoms with Gasteiger partial charge in [0.15, 0.2) is 6.10 Å². The van der Waals surface area contributed by atoms with E-state index in [0.717, 1.165) is 15.7 Å². The molecule has 0 fully saturated rings. The smallest absolute Gasteiger partial charge is 0.266 e. The number of ether oxygens (including phenoxy) is 1. The Morgan fingerprint density at radius 3 is 2.71 bits per heavy atom. The Morgan fingerprint density at radius 1 is 1.29 bits per heavy atom. The highest BCUT2D eigenvalue weighted by atomic mass is 79.9. The van der Waals surface area contributed by atoms with Crippen molar-refractivity contribution in [2.75, 3.05) is 5.32 Å². The van der Waals surface area contributed by atoms with Crippen molar-refractivity contribution in [3.05, 3.63) is 52.1 Å². The molecule has 2 aromatic rings. The van der Waals surface area contributed by atoms with E-state index in [9.17, 15) is 4.79 Å². The van der Waals surface area contributed by atoms with Gasteiger partial charge in [-0.25, -0.2) is 4.98 Å². The number of nitrogens with zero attached hydrogens (tertiary/aromatic N) is 1. The number of nitrogens with one attached hydrogen (secondary N) is 1. The van der Waals surface area contributed by atoms with Crippen LogP contribution in [0.2, 0.25) is 0 Å². The van der Waals surface area contributed by atoms with Crippen LogP contribution in [-0.2, 0) is 4.79 Å². The average molecular weight is 349 g/mol. The Hall–Kier alpha value is -1.88. The fraction of sp³-hybridized carbons (Fsp3) is 0.250. The quantitative estimate of drug-likeness (QED) is 0.912. The zero-order valence-corrected chi connectivity index (χ0v) is 13.8. The van der Waals surface area contributed by atoms with Crippen LogP contribution in [0.15, 0.2) is 40.9 Å². The van der Waals surface area contributed by atoms with Gasteiger partial charge in [0.05, 0.1) is 4.47 Å². The van der Waals surface area contributed by atoms with E-state index in [-0.39, 0.29) is 5.91 Å². The summed E-state index contributed by atoms with van der Waals surface area (Å²) in [7, 11) is 0. The van der Waals surface area contributed by atoms with Crippen LogP contribution in [0.25, 0.3) is 0 Å². The molecule has 1 atom stereocenters. The number of hydrogen-bond donors (Lipinski definition) is 1. The molecule has 0 unspecified atom stereocenters. The van der Waals surface area contributed by atoms with Gasteiger partial charge in [-0.2, -0.15) is 0 Å². The van der Waals surface area contributed by atoms with Crippen LogP contribution >= 0.6 is 15.9 Å². The van der Waals surface area contributed by atoms with Crippen molar-refractivity contribution >= 4 is 27.7 Å². The number of carbonyl (C=O) groups is 1. The number of anilines is 1. The fourth-order valence-corrected chi connectivity index (χ4v) is 2.37. The van der Waals surface area contributed by atoms with Crippen LogP contribution in [0.5, 0.6) is 5.75 Å². The highest BCUT2D eigenvalue weighted by molar-refractivity contribution is 9.10. The minimum Gasteiger partial charge on any atom is -0.480 e. The number of carbonyl (C=O) groups excluding carboxylic acids is 1. The molecule has 0 aliphatic rings. The molecule has 0 spiro atoms. The average Bonchev–Trinajstić information content (AvgIpc) is 2.41. The van der Waals surface area contributed by atoms with Gasteiger partial charge >= 0.3 is 0 Å². The highest BCUT2D eigenvalue weighted by Gasteiger charge is 2.16. The zero-order valence-electron chi connectivity index (χ0n) is 12.2. The summed E-state index contributed by atoms with van der Waals surface area (Å²) < 4.78 is 6.51. The highest BCUT2D eigenvalue weighted by Crippen LogP contribution is 2.26. The van der Waals surface area contributed by atoms with E-state index in [1.807, 2.05) is 44.2 Å². The molecular weight excluding hydrogens is 332 g/mol. The number of pyridine rings is 1. The monoisotopic (exact) mass is 348 g/mol. The van der Waals surface area contributed by atoms with E-state index < -0.39 is 6.10 Å². The molecule has 4 nitrogen and oxygen atoms in total. The van der Waals surface area contributed by atoms with Crippen LogP contribution in [-0.4, -0.2) is 17.0 Å². The second kappa shape index (κ2) is 6.72. The van der Waals surface area contributed by atoms with Crippen LogP contribution in [0.3, 0.4) is 0 Å². The molecule has 0 saturated carbocycles. The van der Waals surface area contributed by atoms with Gasteiger partial charge in [0.2, 0.25) is 0 Å². The van der Waals surface area contributed by atoms with Crippen molar-refractivity contribution in [3.63, 3.8) is 0 Å². The Balaban J connectivity index is 2.02. The molecule has 0 saturated heterocycles. The first-order chi connectivity index (χ1) is 9.95. The number of halogens is 1.